The molecule has 0 aliphatic heterocycles. The van der Waals surface area contributed by atoms with E-state index in [0.29, 0.717) is 23.4 Å². The Kier molecular flexibility index (Phi) is 7.61. The van der Waals surface area contributed by atoms with Crippen molar-refractivity contribution in [2.45, 2.75) is 59.6 Å². The van der Waals surface area contributed by atoms with Gasteiger partial charge in [-0.1, -0.05) is 32.0 Å². The van der Waals surface area contributed by atoms with Gasteiger partial charge in [-0.05, 0) is 69.0 Å². The van der Waals surface area contributed by atoms with E-state index in [-0.39, 0.29) is 17.9 Å². The van der Waals surface area contributed by atoms with Crippen LogP contribution >= 0.6 is 0 Å². The number of carbonyl (C=O) groups is 2. The number of rotatable bonds is 8. The first-order valence-electron chi connectivity index (χ1n) is 9.79. The molecule has 0 fully saturated rings. The van der Waals surface area contributed by atoms with Crippen molar-refractivity contribution in [3.05, 3.63) is 59.2 Å². The molecule has 5 heteroatoms. The topological polar surface area (TPSA) is 67.4 Å². The van der Waals surface area contributed by atoms with E-state index in [4.69, 9.17) is 4.74 Å². The van der Waals surface area contributed by atoms with E-state index >= 15 is 0 Å². The minimum Gasteiger partial charge on any atom is -0.481 e. The van der Waals surface area contributed by atoms with Gasteiger partial charge in [-0.15, -0.1) is 0 Å². The summed E-state index contributed by atoms with van der Waals surface area (Å²) in [5.74, 6) is 0.196. The van der Waals surface area contributed by atoms with Crippen molar-refractivity contribution in [3.63, 3.8) is 0 Å². The first-order chi connectivity index (χ1) is 13.3. The lowest BCUT2D eigenvalue weighted by Crippen LogP contribution is -2.35. The SMILES string of the molecule is CC[C@@H](C)NC(=O)c1ccccc1NC(=O)[C@H](CC)Oc1cc(C)cc(C)c1. The van der Waals surface area contributed by atoms with E-state index in [9.17, 15) is 9.59 Å². The Hall–Kier alpha value is -2.82. The van der Waals surface area contributed by atoms with Gasteiger partial charge in [-0.25, -0.2) is 0 Å². The third kappa shape index (κ3) is 5.84. The zero-order valence-corrected chi connectivity index (χ0v) is 17.3. The molecule has 28 heavy (non-hydrogen) atoms. The molecule has 0 bridgehead atoms. The molecule has 2 N–H and O–H groups in total. The third-order valence-electron chi connectivity index (χ3n) is 4.56. The van der Waals surface area contributed by atoms with Crippen molar-refractivity contribution < 1.29 is 14.3 Å². The summed E-state index contributed by atoms with van der Waals surface area (Å²) in [7, 11) is 0. The van der Waals surface area contributed by atoms with Gasteiger partial charge in [0.15, 0.2) is 6.10 Å². The molecule has 0 radical (unpaired) electrons. The second-order valence-electron chi connectivity index (χ2n) is 7.16. The molecule has 0 spiro atoms. The van der Waals surface area contributed by atoms with Crippen molar-refractivity contribution in [3.8, 4) is 5.75 Å². The van der Waals surface area contributed by atoms with E-state index < -0.39 is 6.10 Å². The Morgan fingerprint density at radius 1 is 1.00 bits per heavy atom. The highest BCUT2D eigenvalue weighted by atomic mass is 16.5. The van der Waals surface area contributed by atoms with Gasteiger partial charge in [0.1, 0.15) is 5.75 Å². The number of hydrogen-bond donors (Lipinski definition) is 2. The molecule has 0 unspecified atom stereocenters. The zero-order chi connectivity index (χ0) is 20.7. The van der Waals surface area contributed by atoms with Crippen LogP contribution in [0, 0.1) is 13.8 Å². The average Bonchev–Trinajstić information content (AvgIpc) is 2.65. The smallest absolute Gasteiger partial charge is 0.265 e. The van der Waals surface area contributed by atoms with E-state index in [0.717, 1.165) is 17.5 Å². The Labute approximate surface area is 167 Å². The van der Waals surface area contributed by atoms with Crippen molar-refractivity contribution in [2.75, 3.05) is 5.32 Å². The standard InChI is InChI=1S/C23H30N2O3/c1-6-17(5)24-22(26)19-10-8-9-11-20(19)25-23(27)21(7-2)28-18-13-15(3)12-16(4)14-18/h8-14,17,21H,6-7H2,1-5H3,(H,24,26)(H,25,27)/t17-,21+/m1/s1. The second-order valence-corrected chi connectivity index (χ2v) is 7.16. The fourth-order valence-corrected chi connectivity index (χ4v) is 2.89. The molecule has 150 valence electrons. The number of ether oxygens (including phenoxy) is 1. The predicted octanol–water partition coefficient (Wildman–Crippen LogP) is 4.63. The number of aryl methyl sites for hydroxylation is 2. The normalized spacial score (nSPS) is 12.8. The molecule has 0 saturated carbocycles. The average molecular weight is 383 g/mol. The number of carbonyl (C=O) groups excluding carboxylic acids is 2. The second kappa shape index (κ2) is 9.93. The summed E-state index contributed by atoms with van der Waals surface area (Å²) in [5, 5.41) is 5.79. The van der Waals surface area contributed by atoms with Gasteiger partial charge < -0.3 is 15.4 Å². The Bertz CT molecular complexity index is 812. The quantitative estimate of drug-likeness (QED) is 0.699. The Balaban J connectivity index is 2.15. The van der Waals surface area contributed by atoms with Gasteiger partial charge in [-0.2, -0.15) is 0 Å². The van der Waals surface area contributed by atoms with Gasteiger partial charge in [0.05, 0.1) is 11.3 Å². The first kappa shape index (κ1) is 21.5. The van der Waals surface area contributed by atoms with Crippen LogP contribution in [-0.2, 0) is 4.79 Å². The zero-order valence-electron chi connectivity index (χ0n) is 17.3. The largest absolute Gasteiger partial charge is 0.481 e. The van der Waals surface area contributed by atoms with Crippen molar-refractivity contribution in [1.29, 1.82) is 0 Å². The van der Waals surface area contributed by atoms with Gasteiger partial charge in [0.2, 0.25) is 0 Å². The molecule has 0 aliphatic carbocycles. The maximum absolute atomic E-state index is 12.8. The van der Waals surface area contributed by atoms with Gasteiger partial charge in [-0.3, -0.25) is 9.59 Å². The molecule has 2 rings (SSSR count). The number of anilines is 1. The maximum Gasteiger partial charge on any atom is 0.265 e. The number of benzene rings is 2. The molecule has 0 aliphatic rings. The highest BCUT2D eigenvalue weighted by Crippen LogP contribution is 2.20. The van der Waals surface area contributed by atoms with Crippen molar-refractivity contribution in [2.24, 2.45) is 0 Å². The number of para-hydroxylation sites is 1. The molecule has 0 aromatic heterocycles. The Morgan fingerprint density at radius 2 is 1.64 bits per heavy atom. The van der Waals surface area contributed by atoms with Crippen molar-refractivity contribution >= 4 is 17.5 Å². The van der Waals surface area contributed by atoms with E-state index in [1.165, 1.54) is 0 Å². The molecule has 0 saturated heterocycles. The summed E-state index contributed by atoms with van der Waals surface area (Å²) in [5.41, 5.74) is 3.09. The fraction of sp³-hybridized carbons (Fsp3) is 0.391. The molecule has 2 amide bonds. The molecule has 2 atom stereocenters. The van der Waals surface area contributed by atoms with Crippen LogP contribution in [-0.4, -0.2) is 24.0 Å². The van der Waals surface area contributed by atoms with Gasteiger partial charge >= 0.3 is 0 Å². The van der Waals surface area contributed by atoms with Crippen LogP contribution in [0.5, 0.6) is 5.75 Å². The molecular formula is C23H30N2O3. The maximum atomic E-state index is 12.8. The minimum absolute atomic E-state index is 0.0625. The van der Waals surface area contributed by atoms with Gasteiger partial charge in [0.25, 0.3) is 11.8 Å². The molecule has 2 aromatic rings. The lowest BCUT2D eigenvalue weighted by molar-refractivity contribution is -0.122. The number of hydrogen-bond acceptors (Lipinski definition) is 3. The van der Waals surface area contributed by atoms with Crippen LogP contribution in [0.2, 0.25) is 0 Å². The fourth-order valence-electron chi connectivity index (χ4n) is 2.89. The summed E-state index contributed by atoms with van der Waals surface area (Å²) in [4.78, 5) is 25.3. The van der Waals surface area contributed by atoms with Crippen molar-refractivity contribution in [1.82, 2.24) is 5.32 Å². The van der Waals surface area contributed by atoms with Crippen LogP contribution < -0.4 is 15.4 Å². The Morgan fingerprint density at radius 3 is 2.25 bits per heavy atom. The lowest BCUT2D eigenvalue weighted by Gasteiger charge is -2.19. The third-order valence-corrected chi connectivity index (χ3v) is 4.56. The summed E-state index contributed by atoms with van der Waals surface area (Å²) >= 11 is 0. The van der Waals surface area contributed by atoms with Crippen LogP contribution in [0.15, 0.2) is 42.5 Å². The highest BCUT2D eigenvalue weighted by Gasteiger charge is 2.21. The lowest BCUT2D eigenvalue weighted by atomic mass is 10.1. The molecule has 2 aromatic carbocycles. The summed E-state index contributed by atoms with van der Waals surface area (Å²) in [6.07, 6.45) is 0.703. The van der Waals surface area contributed by atoms with Crippen LogP contribution in [0.3, 0.4) is 0 Å². The number of amides is 2. The summed E-state index contributed by atoms with van der Waals surface area (Å²) in [6, 6.07) is 13.0. The van der Waals surface area contributed by atoms with E-state index in [1.807, 2.05) is 46.8 Å². The van der Waals surface area contributed by atoms with Crippen LogP contribution in [0.25, 0.3) is 0 Å². The van der Waals surface area contributed by atoms with Crippen LogP contribution in [0.1, 0.15) is 55.1 Å². The first-order valence-corrected chi connectivity index (χ1v) is 9.79. The monoisotopic (exact) mass is 382 g/mol. The molecular weight excluding hydrogens is 352 g/mol. The van der Waals surface area contributed by atoms with E-state index in [1.54, 1.807) is 24.3 Å². The minimum atomic E-state index is -0.646. The summed E-state index contributed by atoms with van der Waals surface area (Å²) < 4.78 is 5.93. The van der Waals surface area contributed by atoms with Gasteiger partial charge in [0, 0.05) is 6.04 Å². The molecule has 0 heterocycles. The predicted molar refractivity (Wildman–Crippen MR) is 113 cm³/mol. The molecule has 5 nitrogen and oxygen atoms in total. The van der Waals surface area contributed by atoms with Crippen LogP contribution in [0.4, 0.5) is 5.69 Å². The van der Waals surface area contributed by atoms with E-state index in [2.05, 4.69) is 16.7 Å². The number of nitrogens with one attached hydrogen (secondary N) is 2. The highest BCUT2D eigenvalue weighted by molar-refractivity contribution is 6.04. The summed E-state index contributed by atoms with van der Waals surface area (Å²) in [6.45, 7) is 9.84.